The molecule has 0 saturated heterocycles. The van der Waals surface area contributed by atoms with Crippen LogP contribution in [0.5, 0.6) is 0 Å². The SMILES string of the molecule is CNc1nc(C)nc2c(CCCCCO)cnn12. The van der Waals surface area contributed by atoms with E-state index < -0.39 is 0 Å². The minimum Gasteiger partial charge on any atom is -0.396 e. The topological polar surface area (TPSA) is 75.3 Å². The van der Waals surface area contributed by atoms with Crippen LogP contribution in [0.1, 0.15) is 30.7 Å². The lowest BCUT2D eigenvalue weighted by Crippen LogP contribution is -2.06. The van der Waals surface area contributed by atoms with Gasteiger partial charge in [0.25, 0.3) is 0 Å². The Bertz CT molecular complexity index is 522. The van der Waals surface area contributed by atoms with Gasteiger partial charge in [-0.15, -0.1) is 0 Å². The van der Waals surface area contributed by atoms with Crippen LogP contribution in [0, 0.1) is 6.92 Å². The van der Waals surface area contributed by atoms with E-state index in [1.165, 1.54) is 0 Å². The monoisotopic (exact) mass is 249 g/mol. The fourth-order valence-corrected chi connectivity index (χ4v) is 1.97. The van der Waals surface area contributed by atoms with E-state index in [9.17, 15) is 0 Å². The first-order valence-corrected chi connectivity index (χ1v) is 6.26. The molecule has 2 rings (SSSR count). The average Bonchev–Trinajstić information content (AvgIpc) is 2.77. The maximum atomic E-state index is 8.75. The van der Waals surface area contributed by atoms with Crippen molar-refractivity contribution in [3.8, 4) is 0 Å². The molecular weight excluding hydrogens is 230 g/mol. The van der Waals surface area contributed by atoms with Crippen LogP contribution in [0.3, 0.4) is 0 Å². The number of rotatable bonds is 6. The summed E-state index contributed by atoms with van der Waals surface area (Å²) in [5.41, 5.74) is 2.01. The average molecular weight is 249 g/mol. The van der Waals surface area contributed by atoms with Crippen molar-refractivity contribution >= 4 is 11.6 Å². The van der Waals surface area contributed by atoms with Gasteiger partial charge in [-0.3, -0.25) is 0 Å². The Morgan fingerprint density at radius 1 is 1.28 bits per heavy atom. The summed E-state index contributed by atoms with van der Waals surface area (Å²) in [5.74, 6) is 1.45. The summed E-state index contributed by atoms with van der Waals surface area (Å²) in [7, 11) is 1.82. The van der Waals surface area contributed by atoms with Gasteiger partial charge in [-0.2, -0.15) is 14.6 Å². The molecule has 0 aliphatic rings. The Balaban J connectivity index is 2.21. The summed E-state index contributed by atoms with van der Waals surface area (Å²) in [6.45, 7) is 2.14. The number of aliphatic hydroxyl groups is 1. The largest absolute Gasteiger partial charge is 0.396 e. The van der Waals surface area contributed by atoms with Crippen molar-refractivity contribution in [1.29, 1.82) is 0 Å². The number of anilines is 1. The minimum atomic E-state index is 0.264. The van der Waals surface area contributed by atoms with Crippen molar-refractivity contribution in [1.82, 2.24) is 19.6 Å². The van der Waals surface area contributed by atoms with Crippen LogP contribution in [0.15, 0.2) is 6.20 Å². The first-order valence-electron chi connectivity index (χ1n) is 6.26. The number of nitrogens with zero attached hydrogens (tertiary/aromatic N) is 4. The Kier molecular flexibility index (Phi) is 4.09. The van der Waals surface area contributed by atoms with E-state index in [-0.39, 0.29) is 6.61 Å². The number of fused-ring (bicyclic) bond motifs is 1. The van der Waals surface area contributed by atoms with Gasteiger partial charge in [0.05, 0.1) is 6.20 Å². The zero-order chi connectivity index (χ0) is 13.0. The Morgan fingerprint density at radius 3 is 2.83 bits per heavy atom. The lowest BCUT2D eigenvalue weighted by Gasteiger charge is -2.04. The van der Waals surface area contributed by atoms with Crippen molar-refractivity contribution in [2.45, 2.75) is 32.6 Å². The third-order valence-electron chi connectivity index (χ3n) is 2.88. The second kappa shape index (κ2) is 5.77. The zero-order valence-corrected chi connectivity index (χ0v) is 10.8. The van der Waals surface area contributed by atoms with Crippen molar-refractivity contribution in [2.75, 3.05) is 19.0 Å². The van der Waals surface area contributed by atoms with Crippen LogP contribution >= 0.6 is 0 Å². The van der Waals surface area contributed by atoms with E-state index in [2.05, 4.69) is 20.4 Å². The first kappa shape index (κ1) is 12.8. The number of hydrogen-bond acceptors (Lipinski definition) is 5. The molecule has 2 aromatic rings. The molecule has 0 amide bonds. The third kappa shape index (κ3) is 2.59. The molecule has 2 aromatic heterocycles. The quantitative estimate of drug-likeness (QED) is 0.752. The van der Waals surface area contributed by atoms with Gasteiger partial charge < -0.3 is 10.4 Å². The molecule has 98 valence electrons. The number of aliphatic hydroxyl groups excluding tert-OH is 1. The van der Waals surface area contributed by atoms with Gasteiger partial charge in [-0.1, -0.05) is 6.42 Å². The molecule has 0 bridgehead atoms. The molecule has 2 N–H and O–H groups in total. The van der Waals surface area contributed by atoms with Crippen LogP contribution in [0.25, 0.3) is 5.65 Å². The second-order valence-electron chi connectivity index (χ2n) is 4.28. The third-order valence-corrected chi connectivity index (χ3v) is 2.88. The highest BCUT2D eigenvalue weighted by Crippen LogP contribution is 2.15. The first-order chi connectivity index (χ1) is 8.76. The summed E-state index contributed by atoms with van der Waals surface area (Å²) < 4.78 is 1.73. The maximum absolute atomic E-state index is 8.75. The van der Waals surface area contributed by atoms with E-state index in [4.69, 9.17) is 5.11 Å². The molecular formula is C12H19N5O. The lowest BCUT2D eigenvalue weighted by molar-refractivity contribution is 0.283. The number of hydrogen-bond donors (Lipinski definition) is 2. The summed E-state index contributed by atoms with van der Waals surface area (Å²) in [4.78, 5) is 8.73. The molecule has 2 heterocycles. The summed E-state index contributed by atoms with van der Waals surface area (Å²) >= 11 is 0. The van der Waals surface area contributed by atoms with Gasteiger partial charge in [0, 0.05) is 19.2 Å². The predicted molar refractivity (Wildman–Crippen MR) is 69.7 cm³/mol. The number of nitrogens with one attached hydrogen (secondary N) is 1. The predicted octanol–water partition coefficient (Wildman–Crippen LogP) is 1.18. The molecule has 0 aliphatic heterocycles. The molecule has 0 unspecified atom stereocenters. The highest BCUT2D eigenvalue weighted by Gasteiger charge is 2.10. The van der Waals surface area contributed by atoms with Crippen molar-refractivity contribution in [3.05, 3.63) is 17.6 Å². The fourth-order valence-electron chi connectivity index (χ4n) is 1.97. The number of aryl methyl sites for hydroxylation is 2. The number of unbranched alkanes of at least 4 members (excludes halogenated alkanes) is 2. The molecule has 0 atom stereocenters. The van der Waals surface area contributed by atoms with Crippen LogP contribution in [0.4, 0.5) is 5.95 Å². The van der Waals surface area contributed by atoms with Gasteiger partial charge in [0.15, 0.2) is 5.65 Å². The standard InChI is InChI=1S/C12H19N5O/c1-9-15-11-10(6-4-3-5-7-18)8-14-17(11)12(13-2)16-9/h8,18H,3-7H2,1-2H3,(H,13,15,16). The molecule has 0 aromatic carbocycles. The van der Waals surface area contributed by atoms with Crippen molar-refractivity contribution in [2.24, 2.45) is 0 Å². The smallest absolute Gasteiger partial charge is 0.227 e. The molecule has 6 nitrogen and oxygen atoms in total. The van der Waals surface area contributed by atoms with Gasteiger partial charge >= 0.3 is 0 Å². The Hall–Kier alpha value is -1.69. The van der Waals surface area contributed by atoms with E-state index in [0.29, 0.717) is 5.95 Å². The minimum absolute atomic E-state index is 0.264. The highest BCUT2D eigenvalue weighted by molar-refractivity contribution is 5.50. The van der Waals surface area contributed by atoms with E-state index in [1.807, 2.05) is 20.2 Å². The summed E-state index contributed by atoms with van der Waals surface area (Å²) in [5, 5.41) is 16.1. The van der Waals surface area contributed by atoms with E-state index in [0.717, 1.165) is 42.7 Å². The fraction of sp³-hybridized carbons (Fsp3) is 0.583. The highest BCUT2D eigenvalue weighted by atomic mass is 16.2. The van der Waals surface area contributed by atoms with E-state index in [1.54, 1.807) is 4.52 Å². The van der Waals surface area contributed by atoms with Crippen LogP contribution < -0.4 is 5.32 Å². The Labute approximate surface area is 106 Å². The van der Waals surface area contributed by atoms with Gasteiger partial charge in [0.2, 0.25) is 5.95 Å². The van der Waals surface area contributed by atoms with Gasteiger partial charge in [0.1, 0.15) is 5.82 Å². The Morgan fingerprint density at radius 2 is 2.11 bits per heavy atom. The van der Waals surface area contributed by atoms with Crippen LogP contribution in [-0.4, -0.2) is 38.3 Å². The zero-order valence-electron chi connectivity index (χ0n) is 10.8. The molecule has 0 fully saturated rings. The second-order valence-corrected chi connectivity index (χ2v) is 4.28. The van der Waals surface area contributed by atoms with Crippen LogP contribution in [-0.2, 0) is 6.42 Å². The molecule has 0 radical (unpaired) electrons. The molecule has 0 aliphatic carbocycles. The van der Waals surface area contributed by atoms with Crippen LogP contribution in [0.2, 0.25) is 0 Å². The molecule has 18 heavy (non-hydrogen) atoms. The normalized spacial score (nSPS) is 11.1. The molecule has 6 heteroatoms. The number of aromatic nitrogens is 4. The van der Waals surface area contributed by atoms with Crippen molar-refractivity contribution in [3.63, 3.8) is 0 Å². The molecule has 0 spiro atoms. The summed E-state index contributed by atoms with van der Waals surface area (Å²) in [6.07, 6.45) is 5.71. The van der Waals surface area contributed by atoms with Crippen molar-refractivity contribution < 1.29 is 5.11 Å². The lowest BCUT2D eigenvalue weighted by atomic mass is 10.1. The van der Waals surface area contributed by atoms with E-state index >= 15 is 0 Å². The maximum Gasteiger partial charge on any atom is 0.227 e. The van der Waals surface area contributed by atoms with Gasteiger partial charge in [-0.25, -0.2) is 4.98 Å². The molecule has 0 saturated carbocycles. The summed E-state index contributed by atoms with van der Waals surface area (Å²) in [6, 6.07) is 0. The van der Waals surface area contributed by atoms with Gasteiger partial charge in [-0.05, 0) is 26.2 Å².